The van der Waals surface area contributed by atoms with Gasteiger partial charge in [0.05, 0.1) is 4.47 Å². The standard InChI is InChI=1S/C14H18BrFN2/c15-13-4-1-10(7-14(13)16)8-18-6-5-11-2-3-12(9-18)17-11/h1,4,7,11-12,17H,2-3,5-6,8-9H2. The van der Waals surface area contributed by atoms with E-state index in [2.05, 4.69) is 26.1 Å². The molecule has 18 heavy (non-hydrogen) atoms. The molecule has 2 nitrogen and oxygen atoms in total. The van der Waals surface area contributed by atoms with Gasteiger partial charge in [0.2, 0.25) is 0 Å². The Labute approximate surface area is 116 Å². The lowest BCUT2D eigenvalue weighted by Crippen LogP contribution is -2.34. The van der Waals surface area contributed by atoms with Gasteiger partial charge in [0.15, 0.2) is 0 Å². The minimum absolute atomic E-state index is 0.165. The van der Waals surface area contributed by atoms with Gasteiger partial charge >= 0.3 is 0 Å². The fraction of sp³-hybridized carbons (Fsp3) is 0.571. The summed E-state index contributed by atoms with van der Waals surface area (Å²) in [5.74, 6) is -0.165. The van der Waals surface area contributed by atoms with Gasteiger partial charge in [-0.05, 0) is 52.9 Å². The summed E-state index contributed by atoms with van der Waals surface area (Å²) >= 11 is 3.20. The van der Waals surface area contributed by atoms with Crippen LogP contribution in [0.15, 0.2) is 22.7 Å². The molecule has 0 aromatic heterocycles. The van der Waals surface area contributed by atoms with E-state index in [4.69, 9.17) is 0 Å². The van der Waals surface area contributed by atoms with Crippen LogP contribution in [0, 0.1) is 5.82 Å². The van der Waals surface area contributed by atoms with Gasteiger partial charge in [-0.3, -0.25) is 4.90 Å². The van der Waals surface area contributed by atoms with E-state index in [1.807, 2.05) is 6.07 Å². The Morgan fingerprint density at radius 2 is 2.11 bits per heavy atom. The summed E-state index contributed by atoms with van der Waals surface area (Å²) in [6.45, 7) is 3.06. The molecule has 4 heteroatoms. The molecule has 2 atom stereocenters. The SMILES string of the molecule is Fc1cc(CN2CCC3CCC(C2)N3)ccc1Br. The minimum Gasteiger partial charge on any atom is -0.310 e. The van der Waals surface area contributed by atoms with Crippen molar-refractivity contribution in [3.05, 3.63) is 34.1 Å². The largest absolute Gasteiger partial charge is 0.310 e. The molecule has 98 valence electrons. The van der Waals surface area contributed by atoms with Gasteiger partial charge in [-0.2, -0.15) is 0 Å². The molecule has 1 aromatic rings. The summed E-state index contributed by atoms with van der Waals surface area (Å²) in [6.07, 6.45) is 3.83. The van der Waals surface area contributed by atoms with E-state index in [-0.39, 0.29) is 5.82 Å². The van der Waals surface area contributed by atoms with Crippen molar-refractivity contribution < 1.29 is 4.39 Å². The molecular weight excluding hydrogens is 295 g/mol. The van der Waals surface area contributed by atoms with Crippen LogP contribution in [0.4, 0.5) is 4.39 Å². The predicted octanol–water partition coefficient (Wildman–Crippen LogP) is 2.91. The van der Waals surface area contributed by atoms with Crippen molar-refractivity contribution in [1.29, 1.82) is 0 Å². The Hall–Kier alpha value is -0.450. The summed E-state index contributed by atoms with van der Waals surface area (Å²) in [7, 11) is 0. The lowest BCUT2D eigenvalue weighted by Gasteiger charge is -2.24. The topological polar surface area (TPSA) is 15.3 Å². The van der Waals surface area contributed by atoms with Crippen LogP contribution in [-0.4, -0.2) is 30.1 Å². The number of hydrogen-bond donors (Lipinski definition) is 1. The van der Waals surface area contributed by atoms with Crippen LogP contribution in [0.25, 0.3) is 0 Å². The van der Waals surface area contributed by atoms with Crippen LogP contribution in [0.1, 0.15) is 24.8 Å². The molecule has 0 spiro atoms. The normalized spacial score (nSPS) is 28.3. The number of fused-ring (bicyclic) bond motifs is 2. The van der Waals surface area contributed by atoms with E-state index in [0.29, 0.717) is 16.6 Å². The number of likely N-dealkylation sites (tertiary alicyclic amines) is 1. The summed E-state index contributed by atoms with van der Waals surface area (Å²) in [4.78, 5) is 2.44. The van der Waals surface area contributed by atoms with Gasteiger partial charge < -0.3 is 5.32 Å². The van der Waals surface area contributed by atoms with E-state index in [1.165, 1.54) is 19.3 Å². The van der Waals surface area contributed by atoms with Gasteiger partial charge in [-0.15, -0.1) is 0 Å². The zero-order valence-corrected chi connectivity index (χ0v) is 11.9. The number of benzene rings is 1. The molecule has 2 unspecified atom stereocenters. The maximum absolute atomic E-state index is 13.5. The van der Waals surface area contributed by atoms with Crippen molar-refractivity contribution in [2.45, 2.75) is 37.9 Å². The Morgan fingerprint density at radius 3 is 2.94 bits per heavy atom. The molecule has 2 heterocycles. The average molecular weight is 313 g/mol. The maximum atomic E-state index is 13.5. The number of rotatable bonds is 2. The first-order valence-corrected chi connectivity index (χ1v) is 7.42. The molecule has 2 fully saturated rings. The third-order valence-electron chi connectivity index (χ3n) is 4.00. The van der Waals surface area contributed by atoms with Crippen LogP contribution in [-0.2, 0) is 6.54 Å². The Morgan fingerprint density at radius 1 is 1.28 bits per heavy atom. The van der Waals surface area contributed by atoms with Gasteiger partial charge in [0, 0.05) is 31.7 Å². The molecule has 2 saturated heterocycles. The Bertz CT molecular complexity index is 438. The summed E-state index contributed by atoms with van der Waals surface area (Å²) in [5.41, 5.74) is 1.06. The number of nitrogens with one attached hydrogen (secondary N) is 1. The zero-order valence-electron chi connectivity index (χ0n) is 10.3. The molecule has 2 bridgehead atoms. The van der Waals surface area contributed by atoms with Crippen LogP contribution in [0.2, 0.25) is 0 Å². The number of hydrogen-bond acceptors (Lipinski definition) is 2. The van der Waals surface area contributed by atoms with E-state index >= 15 is 0 Å². The maximum Gasteiger partial charge on any atom is 0.137 e. The van der Waals surface area contributed by atoms with Crippen molar-refractivity contribution in [1.82, 2.24) is 10.2 Å². The highest BCUT2D eigenvalue weighted by Crippen LogP contribution is 2.22. The molecule has 1 aromatic carbocycles. The van der Waals surface area contributed by atoms with Crippen molar-refractivity contribution in [3.63, 3.8) is 0 Å². The lowest BCUT2D eigenvalue weighted by atomic mass is 10.1. The highest BCUT2D eigenvalue weighted by molar-refractivity contribution is 9.10. The molecule has 2 aliphatic rings. The monoisotopic (exact) mass is 312 g/mol. The first-order valence-electron chi connectivity index (χ1n) is 6.63. The Balaban J connectivity index is 1.66. The van der Waals surface area contributed by atoms with Crippen molar-refractivity contribution in [2.24, 2.45) is 0 Å². The zero-order chi connectivity index (χ0) is 12.5. The van der Waals surface area contributed by atoms with Crippen LogP contribution in [0.5, 0.6) is 0 Å². The second-order valence-corrected chi connectivity index (χ2v) is 6.26. The van der Waals surface area contributed by atoms with E-state index < -0.39 is 0 Å². The van der Waals surface area contributed by atoms with Crippen molar-refractivity contribution >= 4 is 15.9 Å². The molecule has 1 N–H and O–H groups in total. The highest BCUT2D eigenvalue weighted by atomic mass is 79.9. The highest BCUT2D eigenvalue weighted by Gasteiger charge is 2.29. The fourth-order valence-electron chi connectivity index (χ4n) is 3.06. The first kappa shape index (κ1) is 12.6. The molecule has 3 rings (SSSR count). The van der Waals surface area contributed by atoms with Gasteiger partial charge in [0.25, 0.3) is 0 Å². The molecular formula is C14H18BrFN2. The van der Waals surface area contributed by atoms with E-state index in [9.17, 15) is 4.39 Å². The van der Waals surface area contributed by atoms with Crippen molar-refractivity contribution in [3.8, 4) is 0 Å². The summed E-state index contributed by atoms with van der Waals surface area (Å²) in [5, 5.41) is 3.67. The molecule has 0 amide bonds. The van der Waals surface area contributed by atoms with E-state index in [1.54, 1.807) is 12.1 Å². The average Bonchev–Trinajstić information content (AvgIpc) is 2.68. The Kier molecular flexibility index (Phi) is 3.68. The quantitative estimate of drug-likeness (QED) is 0.903. The summed E-state index contributed by atoms with van der Waals surface area (Å²) < 4.78 is 14.0. The van der Waals surface area contributed by atoms with Gasteiger partial charge in [-0.25, -0.2) is 4.39 Å². The minimum atomic E-state index is -0.165. The first-order chi connectivity index (χ1) is 8.70. The van der Waals surface area contributed by atoms with Crippen LogP contribution >= 0.6 is 15.9 Å². The summed E-state index contributed by atoms with van der Waals surface area (Å²) in [6, 6.07) is 6.79. The fourth-order valence-corrected chi connectivity index (χ4v) is 3.30. The second kappa shape index (κ2) is 5.27. The third-order valence-corrected chi connectivity index (χ3v) is 4.64. The van der Waals surface area contributed by atoms with Gasteiger partial charge in [0.1, 0.15) is 5.82 Å². The smallest absolute Gasteiger partial charge is 0.137 e. The number of halogens is 2. The van der Waals surface area contributed by atoms with Gasteiger partial charge in [-0.1, -0.05) is 6.07 Å². The van der Waals surface area contributed by atoms with E-state index in [0.717, 1.165) is 25.2 Å². The van der Waals surface area contributed by atoms with Crippen LogP contribution < -0.4 is 5.32 Å². The van der Waals surface area contributed by atoms with Crippen LogP contribution in [0.3, 0.4) is 0 Å². The predicted molar refractivity (Wildman–Crippen MR) is 73.9 cm³/mol. The molecule has 0 saturated carbocycles. The number of nitrogens with zero attached hydrogens (tertiary/aromatic N) is 1. The second-order valence-electron chi connectivity index (χ2n) is 5.41. The third kappa shape index (κ3) is 2.76. The molecule has 2 aliphatic heterocycles. The molecule has 0 aliphatic carbocycles. The molecule has 0 radical (unpaired) electrons. The van der Waals surface area contributed by atoms with Crippen molar-refractivity contribution in [2.75, 3.05) is 13.1 Å². The lowest BCUT2D eigenvalue weighted by molar-refractivity contribution is 0.250.